The van der Waals surface area contributed by atoms with Gasteiger partial charge in [-0.1, -0.05) is 36.5 Å². The van der Waals surface area contributed by atoms with Crippen LogP contribution >= 0.6 is 23.5 Å². The highest BCUT2D eigenvalue weighted by Crippen LogP contribution is 2.49. The lowest BCUT2D eigenvalue weighted by molar-refractivity contribution is -0.111. The van der Waals surface area contributed by atoms with Crippen molar-refractivity contribution in [3.05, 3.63) is 12.2 Å². The maximum Gasteiger partial charge on any atom is 0.212 e. The molecule has 2 aliphatic heterocycles. The molecule has 2 aliphatic rings. The molecule has 1 saturated heterocycles. The first-order chi connectivity index (χ1) is 6.51. The molecule has 0 amide bonds. The first-order valence-corrected chi connectivity index (χ1v) is 6.32. The molecule has 2 rings (SSSR count). The van der Waals surface area contributed by atoms with Crippen molar-refractivity contribution in [2.45, 2.75) is 30.3 Å². The van der Waals surface area contributed by atoms with Gasteiger partial charge in [0.15, 0.2) is 5.12 Å². The van der Waals surface area contributed by atoms with Crippen molar-refractivity contribution in [3.8, 4) is 0 Å². The maximum absolute atomic E-state index is 11.3. The van der Waals surface area contributed by atoms with Gasteiger partial charge >= 0.3 is 0 Å². The second-order valence-electron chi connectivity index (χ2n) is 3.94. The third kappa shape index (κ3) is 1.65. The fourth-order valence-electron chi connectivity index (χ4n) is 2.07. The van der Waals surface area contributed by atoms with Gasteiger partial charge in [-0.3, -0.25) is 9.59 Å². The van der Waals surface area contributed by atoms with Gasteiger partial charge < -0.3 is 0 Å². The van der Waals surface area contributed by atoms with Gasteiger partial charge in [-0.05, 0) is 18.9 Å². The van der Waals surface area contributed by atoms with Crippen LogP contribution in [0.15, 0.2) is 12.2 Å². The van der Waals surface area contributed by atoms with E-state index in [2.05, 4.69) is 13.8 Å². The molecule has 0 bridgehead atoms. The minimum absolute atomic E-state index is 0.115. The zero-order valence-electron chi connectivity index (χ0n) is 8.15. The number of carbonyl (C=O) groups is 2. The molecule has 0 spiro atoms. The van der Waals surface area contributed by atoms with Crippen LogP contribution < -0.4 is 0 Å². The molecule has 0 radical (unpaired) electrons. The van der Waals surface area contributed by atoms with Crippen LogP contribution in [-0.4, -0.2) is 20.2 Å². The summed E-state index contributed by atoms with van der Waals surface area (Å²) in [5, 5.41) is 0.705. The number of hydrogen-bond acceptors (Lipinski definition) is 4. The van der Waals surface area contributed by atoms with Gasteiger partial charge in [-0.15, -0.1) is 0 Å². The predicted molar refractivity (Wildman–Crippen MR) is 60.3 cm³/mol. The minimum atomic E-state index is -0.157. The summed E-state index contributed by atoms with van der Waals surface area (Å²) in [6, 6.07) is 0. The average molecular weight is 228 g/mol. The van der Waals surface area contributed by atoms with Crippen molar-refractivity contribution < 1.29 is 9.59 Å². The highest BCUT2D eigenvalue weighted by atomic mass is 32.2. The number of thioether (sulfide) groups is 2. The Morgan fingerprint density at radius 3 is 2.64 bits per heavy atom. The predicted octanol–water partition coefficient (Wildman–Crippen LogP) is 2.24. The number of carbonyl (C=O) groups excluding carboxylic acids is 2. The van der Waals surface area contributed by atoms with Crippen molar-refractivity contribution in [2.24, 2.45) is 5.92 Å². The molecule has 0 unspecified atom stereocenters. The van der Waals surface area contributed by atoms with Crippen LogP contribution in [0.1, 0.15) is 20.3 Å². The summed E-state index contributed by atoms with van der Waals surface area (Å²) in [6.07, 6.45) is 4.19. The van der Waals surface area contributed by atoms with Gasteiger partial charge in [0.25, 0.3) is 0 Å². The molecule has 0 aliphatic carbocycles. The summed E-state index contributed by atoms with van der Waals surface area (Å²) < 4.78 is -0.157. The third-order valence-electron chi connectivity index (χ3n) is 2.88. The van der Waals surface area contributed by atoms with E-state index in [1.165, 1.54) is 23.5 Å². The molecule has 0 aromatic heterocycles. The topological polar surface area (TPSA) is 34.1 Å². The van der Waals surface area contributed by atoms with Gasteiger partial charge in [0, 0.05) is 16.4 Å². The normalized spacial score (nSPS) is 42.4. The fraction of sp³-hybridized carbons (Fsp3) is 0.600. The van der Waals surface area contributed by atoms with Crippen molar-refractivity contribution in [1.29, 1.82) is 0 Å². The number of rotatable bonds is 1. The van der Waals surface area contributed by atoms with Crippen LogP contribution in [0.3, 0.4) is 0 Å². The van der Waals surface area contributed by atoms with Gasteiger partial charge in [0.05, 0.1) is 0 Å². The lowest BCUT2D eigenvalue weighted by Gasteiger charge is -2.29. The molecule has 4 heteroatoms. The van der Waals surface area contributed by atoms with E-state index in [0.717, 1.165) is 0 Å². The Morgan fingerprint density at radius 2 is 2.21 bits per heavy atom. The van der Waals surface area contributed by atoms with Gasteiger partial charge in [-0.2, -0.15) is 0 Å². The Bertz CT molecular complexity index is 324. The van der Waals surface area contributed by atoms with Crippen LogP contribution in [0, 0.1) is 5.92 Å². The summed E-state index contributed by atoms with van der Waals surface area (Å²) in [6.45, 7) is 4.13. The highest BCUT2D eigenvalue weighted by Gasteiger charge is 2.45. The quantitative estimate of drug-likeness (QED) is 0.689. The largest absolute Gasteiger partial charge is 0.287 e. The van der Waals surface area contributed by atoms with Crippen LogP contribution in [-0.2, 0) is 9.59 Å². The first kappa shape index (κ1) is 10.3. The molecule has 14 heavy (non-hydrogen) atoms. The Labute approximate surface area is 91.9 Å². The molecule has 2 heterocycles. The van der Waals surface area contributed by atoms with Crippen LogP contribution in [0.2, 0.25) is 0 Å². The zero-order chi connectivity index (χ0) is 10.3. The number of hydrogen-bond donors (Lipinski definition) is 0. The van der Waals surface area contributed by atoms with Gasteiger partial charge in [0.2, 0.25) is 5.12 Å². The molecule has 0 N–H and O–H groups in total. The molecule has 0 aromatic carbocycles. The van der Waals surface area contributed by atoms with E-state index in [1.54, 1.807) is 6.08 Å². The first-order valence-electron chi connectivity index (χ1n) is 4.63. The maximum atomic E-state index is 11.3. The van der Waals surface area contributed by atoms with Crippen molar-refractivity contribution in [3.63, 3.8) is 0 Å². The zero-order valence-corrected chi connectivity index (χ0v) is 9.78. The summed E-state index contributed by atoms with van der Waals surface area (Å²) in [7, 11) is 0. The molecule has 3 atom stereocenters. The van der Waals surface area contributed by atoms with Crippen LogP contribution in [0.4, 0.5) is 0 Å². The van der Waals surface area contributed by atoms with E-state index in [4.69, 9.17) is 0 Å². The average Bonchev–Trinajstić information content (AvgIpc) is 2.57. The van der Waals surface area contributed by atoms with Gasteiger partial charge in [-0.25, -0.2) is 0 Å². The molecule has 2 nitrogen and oxygen atoms in total. The monoisotopic (exact) mass is 228 g/mol. The van der Waals surface area contributed by atoms with E-state index in [0.29, 0.717) is 17.6 Å². The second-order valence-corrected chi connectivity index (χ2v) is 6.86. The van der Waals surface area contributed by atoms with Crippen molar-refractivity contribution in [2.75, 3.05) is 0 Å². The lowest BCUT2D eigenvalue weighted by Crippen LogP contribution is -2.31. The smallest absolute Gasteiger partial charge is 0.212 e. The van der Waals surface area contributed by atoms with Gasteiger partial charge in [0.1, 0.15) is 0 Å². The van der Waals surface area contributed by atoms with E-state index < -0.39 is 0 Å². The van der Waals surface area contributed by atoms with Crippen molar-refractivity contribution >= 4 is 33.8 Å². The van der Waals surface area contributed by atoms with Crippen molar-refractivity contribution in [1.82, 2.24) is 0 Å². The summed E-state index contributed by atoms with van der Waals surface area (Å²) >= 11 is 2.77. The molecular weight excluding hydrogens is 216 g/mol. The minimum Gasteiger partial charge on any atom is -0.287 e. The Hall–Kier alpha value is -0.220. The highest BCUT2D eigenvalue weighted by molar-refractivity contribution is 8.16. The Balaban J connectivity index is 2.19. The van der Waals surface area contributed by atoms with Crippen LogP contribution in [0.25, 0.3) is 0 Å². The molecule has 0 aromatic rings. The molecular formula is C10H12O2S2. The van der Waals surface area contributed by atoms with Crippen LogP contribution in [0.5, 0.6) is 0 Å². The fourth-order valence-corrected chi connectivity index (χ4v) is 4.53. The third-order valence-corrected chi connectivity index (χ3v) is 5.22. The second kappa shape index (κ2) is 3.42. The van der Waals surface area contributed by atoms with E-state index in [1.807, 2.05) is 6.08 Å². The Morgan fingerprint density at radius 1 is 1.50 bits per heavy atom. The Kier molecular flexibility index (Phi) is 2.52. The molecule has 1 fully saturated rings. The van der Waals surface area contributed by atoms with E-state index >= 15 is 0 Å². The van der Waals surface area contributed by atoms with E-state index in [9.17, 15) is 9.59 Å². The summed E-state index contributed by atoms with van der Waals surface area (Å²) in [4.78, 5) is 22.5. The molecule has 76 valence electrons. The summed E-state index contributed by atoms with van der Waals surface area (Å²) in [5.74, 6) is 0.299. The lowest BCUT2D eigenvalue weighted by atomic mass is 9.88. The SMILES string of the molecule is C[C@@H]1SC(=O)C[C@@H]1[C@@]1(C)C=CC(=O)S1. The molecule has 0 saturated carbocycles. The van der Waals surface area contributed by atoms with E-state index in [-0.39, 0.29) is 15.0 Å². The summed E-state index contributed by atoms with van der Waals surface area (Å²) in [5.41, 5.74) is 0. The standard InChI is InChI=1S/C10H12O2S2/c1-6-7(5-9(12)13-6)10(2)4-3-8(11)14-10/h3-4,6-7H,5H2,1-2H3/t6-,7-,10+/m0/s1.